The molecule has 0 bridgehead atoms. The molecule has 0 amide bonds. The minimum atomic E-state index is -3.21. The SMILES string of the molecule is Cc1csc(Cc2nc(-c3ccc4c(c3)CCN4S(C)(=O)=O)cs2)n1. The van der Waals surface area contributed by atoms with Crippen molar-refractivity contribution in [1.82, 2.24) is 9.97 Å². The van der Waals surface area contributed by atoms with Crippen LogP contribution in [0.15, 0.2) is 29.0 Å². The molecule has 3 heterocycles. The van der Waals surface area contributed by atoms with Gasteiger partial charge in [0.05, 0.1) is 29.1 Å². The van der Waals surface area contributed by atoms with Crippen LogP contribution in [0.1, 0.15) is 21.3 Å². The van der Waals surface area contributed by atoms with Gasteiger partial charge in [0.15, 0.2) is 0 Å². The normalized spacial score (nSPS) is 14.1. The lowest BCUT2D eigenvalue weighted by Gasteiger charge is -2.16. The van der Waals surface area contributed by atoms with E-state index in [-0.39, 0.29) is 0 Å². The summed E-state index contributed by atoms with van der Waals surface area (Å²) in [7, 11) is -3.21. The van der Waals surface area contributed by atoms with Crippen LogP contribution in [-0.4, -0.2) is 31.2 Å². The first-order valence-electron chi connectivity index (χ1n) is 7.86. The predicted octanol–water partition coefficient (Wildman–Crippen LogP) is 3.49. The van der Waals surface area contributed by atoms with Gasteiger partial charge in [0.25, 0.3) is 0 Å². The Hall–Kier alpha value is -1.77. The standard InChI is InChI=1S/C17H17N3O2S3/c1-11-9-23-16(18-11)8-17-19-14(10-24-17)12-3-4-15-13(7-12)5-6-20(15)25(2,21)22/h3-4,7,9-10H,5-6,8H2,1-2H3. The van der Waals surface area contributed by atoms with Crippen LogP contribution < -0.4 is 4.31 Å². The number of nitrogens with zero attached hydrogens (tertiary/aromatic N) is 3. The first kappa shape index (κ1) is 16.7. The highest BCUT2D eigenvalue weighted by Crippen LogP contribution is 2.34. The zero-order valence-corrected chi connectivity index (χ0v) is 16.3. The summed E-state index contributed by atoms with van der Waals surface area (Å²) in [4.78, 5) is 9.22. The monoisotopic (exact) mass is 391 g/mol. The lowest BCUT2D eigenvalue weighted by atomic mass is 10.1. The number of thiazole rings is 2. The second kappa shape index (κ2) is 6.19. The Bertz CT molecular complexity index is 1040. The van der Waals surface area contributed by atoms with Crippen molar-refractivity contribution in [2.75, 3.05) is 17.1 Å². The molecule has 0 saturated heterocycles. The fourth-order valence-corrected chi connectivity index (χ4v) is 5.65. The Labute approximate surface area is 155 Å². The van der Waals surface area contributed by atoms with Gasteiger partial charge in [-0.15, -0.1) is 22.7 Å². The highest BCUT2D eigenvalue weighted by atomic mass is 32.2. The number of aromatic nitrogens is 2. The zero-order valence-electron chi connectivity index (χ0n) is 13.9. The summed E-state index contributed by atoms with van der Waals surface area (Å²) in [5.41, 5.74) is 4.87. The van der Waals surface area contributed by atoms with E-state index in [1.165, 1.54) is 10.6 Å². The molecule has 0 radical (unpaired) electrons. The van der Waals surface area contributed by atoms with Crippen LogP contribution in [0.2, 0.25) is 0 Å². The van der Waals surface area contributed by atoms with Gasteiger partial charge >= 0.3 is 0 Å². The van der Waals surface area contributed by atoms with Gasteiger partial charge in [-0.1, -0.05) is 6.07 Å². The molecule has 1 aliphatic heterocycles. The van der Waals surface area contributed by atoms with E-state index in [1.807, 2.05) is 19.1 Å². The summed E-state index contributed by atoms with van der Waals surface area (Å²) in [6.07, 6.45) is 2.75. The zero-order chi connectivity index (χ0) is 17.6. The van der Waals surface area contributed by atoms with E-state index >= 15 is 0 Å². The van der Waals surface area contributed by atoms with Crippen molar-refractivity contribution in [2.45, 2.75) is 19.8 Å². The molecule has 0 aliphatic carbocycles. The van der Waals surface area contributed by atoms with Gasteiger partial charge in [0.2, 0.25) is 10.0 Å². The predicted molar refractivity (Wildman–Crippen MR) is 103 cm³/mol. The van der Waals surface area contributed by atoms with Crippen molar-refractivity contribution >= 4 is 38.4 Å². The average molecular weight is 392 g/mol. The molecule has 0 fully saturated rings. The largest absolute Gasteiger partial charge is 0.270 e. The number of rotatable bonds is 4. The maximum absolute atomic E-state index is 11.8. The summed E-state index contributed by atoms with van der Waals surface area (Å²) in [6, 6.07) is 5.91. The highest BCUT2D eigenvalue weighted by Gasteiger charge is 2.26. The lowest BCUT2D eigenvalue weighted by Crippen LogP contribution is -2.27. The van der Waals surface area contributed by atoms with Crippen molar-refractivity contribution in [2.24, 2.45) is 0 Å². The Morgan fingerprint density at radius 2 is 1.92 bits per heavy atom. The van der Waals surface area contributed by atoms with Crippen molar-refractivity contribution in [3.8, 4) is 11.3 Å². The van der Waals surface area contributed by atoms with Crippen LogP contribution in [0.3, 0.4) is 0 Å². The molecule has 1 aromatic carbocycles. The van der Waals surface area contributed by atoms with E-state index in [0.717, 1.165) is 51.1 Å². The minimum absolute atomic E-state index is 0.517. The van der Waals surface area contributed by atoms with E-state index < -0.39 is 10.0 Å². The number of benzene rings is 1. The second-order valence-corrected chi connectivity index (χ2v) is 9.91. The Kier molecular flexibility index (Phi) is 4.13. The maximum atomic E-state index is 11.8. The van der Waals surface area contributed by atoms with E-state index in [1.54, 1.807) is 22.7 Å². The first-order valence-corrected chi connectivity index (χ1v) is 11.5. The van der Waals surface area contributed by atoms with E-state index in [2.05, 4.69) is 21.8 Å². The first-order chi connectivity index (χ1) is 11.9. The molecule has 0 saturated carbocycles. The molecule has 0 atom stereocenters. The summed E-state index contributed by atoms with van der Waals surface area (Å²) >= 11 is 3.30. The van der Waals surface area contributed by atoms with Crippen molar-refractivity contribution in [3.63, 3.8) is 0 Å². The van der Waals surface area contributed by atoms with Crippen molar-refractivity contribution in [3.05, 3.63) is 50.2 Å². The Balaban J connectivity index is 1.59. The van der Waals surface area contributed by atoms with Crippen LogP contribution in [0.25, 0.3) is 11.3 Å². The summed E-state index contributed by atoms with van der Waals surface area (Å²) in [5, 5.41) is 6.23. The molecule has 4 rings (SSSR count). The van der Waals surface area contributed by atoms with E-state index in [4.69, 9.17) is 4.98 Å². The number of hydrogen-bond donors (Lipinski definition) is 0. The molecule has 25 heavy (non-hydrogen) atoms. The molecule has 0 unspecified atom stereocenters. The smallest absolute Gasteiger partial charge is 0.232 e. The summed E-state index contributed by atoms with van der Waals surface area (Å²) in [5.74, 6) is 0. The second-order valence-electron chi connectivity index (χ2n) is 6.11. The number of aryl methyl sites for hydroxylation is 1. The van der Waals surface area contributed by atoms with Gasteiger partial charge in [0.1, 0.15) is 5.01 Å². The fraction of sp³-hybridized carbons (Fsp3) is 0.294. The van der Waals surface area contributed by atoms with E-state index in [9.17, 15) is 8.42 Å². The average Bonchev–Trinajstić information content (AvgIpc) is 3.25. The number of anilines is 1. The van der Waals surface area contributed by atoms with Crippen molar-refractivity contribution in [1.29, 1.82) is 0 Å². The van der Waals surface area contributed by atoms with Crippen LogP contribution in [0.4, 0.5) is 5.69 Å². The summed E-state index contributed by atoms with van der Waals surface area (Å²) in [6.45, 7) is 2.51. The molecular weight excluding hydrogens is 374 g/mol. The maximum Gasteiger partial charge on any atom is 0.232 e. The van der Waals surface area contributed by atoms with Gasteiger partial charge in [-0.3, -0.25) is 4.31 Å². The van der Waals surface area contributed by atoms with Crippen LogP contribution in [-0.2, 0) is 22.9 Å². The van der Waals surface area contributed by atoms with E-state index in [0.29, 0.717) is 6.54 Å². The quantitative estimate of drug-likeness (QED) is 0.683. The number of sulfonamides is 1. The molecule has 0 N–H and O–H groups in total. The number of fused-ring (bicyclic) bond motifs is 1. The third-order valence-corrected chi connectivity index (χ3v) is 7.14. The van der Waals surface area contributed by atoms with Crippen LogP contribution >= 0.6 is 22.7 Å². The fourth-order valence-electron chi connectivity index (χ4n) is 3.01. The topological polar surface area (TPSA) is 63.2 Å². The molecule has 8 heteroatoms. The lowest BCUT2D eigenvalue weighted by molar-refractivity contribution is 0.598. The third-order valence-electron chi connectivity index (χ3n) is 4.15. The Morgan fingerprint density at radius 3 is 2.64 bits per heavy atom. The van der Waals surface area contributed by atoms with Crippen molar-refractivity contribution < 1.29 is 8.42 Å². The van der Waals surface area contributed by atoms with Gasteiger partial charge in [-0.05, 0) is 31.0 Å². The third kappa shape index (κ3) is 3.33. The van der Waals surface area contributed by atoms with Gasteiger partial charge in [-0.2, -0.15) is 0 Å². The molecule has 130 valence electrons. The number of hydrogen-bond acceptors (Lipinski definition) is 6. The molecule has 2 aromatic heterocycles. The van der Waals surface area contributed by atoms with Crippen LogP contribution in [0.5, 0.6) is 0 Å². The highest BCUT2D eigenvalue weighted by molar-refractivity contribution is 7.92. The Morgan fingerprint density at radius 1 is 1.16 bits per heavy atom. The van der Waals surface area contributed by atoms with Gasteiger partial charge < -0.3 is 0 Å². The molecular formula is C17H17N3O2S3. The minimum Gasteiger partial charge on any atom is -0.270 e. The summed E-state index contributed by atoms with van der Waals surface area (Å²) < 4.78 is 25.2. The molecule has 0 spiro atoms. The molecule has 3 aromatic rings. The van der Waals surface area contributed by atoms with Gasteiger partial charge in [-0.25, -0.2) is 18.4 Å². The molecule has 1 aliphatic rings. The molecule has 5 nitrogen and oxygen atoms in total. The van der Waals surface area contributed by atoms with Gasteiger partial charge in [0, 0.05) is 28.6 Å². The van der Waals surface area contributed by atoms with Crippen LogP contribution in [0, 0.1) is 6.92 Å².